The first-order chi connectivity index (χ1) is 9.06. The van der Waals surface area contributed by atoms with Gasteiger partial charge in [0.25, 0.3) is 0 Å². The molecule has 0 aliphatic heterocycles. The van der Waals surface area contributed by atoms with E-state index in [1.165, 1.54) is 16.8 Å². The lowest BCUT2D eigenvalue weighted by Gasteiger charge is -2.22. The summed E-state index contributed by atoms with van der Waals surface area (Å²) in [5.41, 5.74) is 3.79. The Morgan fingerprint density at radius 3 is 2.42 bits per heavy atom. The van der Waals surface area contributed by atoms with Crippen molar-refractivity contribution in [2.45, 2.75) is 39.7 Å². The van der Waals surface area contributed by atoms with E-state index in [1.54, 1.807) is 0 Å². The lowest BCUT2D eigenvalue weighted by Crippen LogP contribution is -2.32. The molecular weight excluding hydrogens is 234 g/mol. The van der Waals surface area contributed by atoms with Gasteiger partial charge in [0.2, 0.25) is 0 Å². The summed E-state index contributed by atoms with van der Waals surface area (Å²) in [5, 5.41) is 12.4. The Hall–Kier alpha value is -1.53. The molecular formula is C16H25N3. The van der Waals surface area contributed by atoms with E-state index in [1.807, 2.05) is 0 Å². The van der Waals surface area contributed by atoms with E-state index in [-0.39, 0.29) is 6.04 Å². The molecule has 104 valence electrons. The largest absolute Gasteiger partial charge is 0.374 e. The smallest absolute Gasteiger partial charge is 0.0969 e. The van der Waals surface area contributed by atoms with Crippen LogP contribution in [0.3, 0.4) is 0 Å². The highest BCUT2D eigenvalue weighted by molar-refractivity contribution is 5.50. The van der Waals surface area contributed by atoms with Crippen LogP contribution in [0.4, 0.5) is 5.69 Å². The van der Waals surface area contributed by atoms with Crippen molar-refractivity contribution in [1.29, 1.82) is 5.26 Å². The molecule has 1 atom stereocenters. The fraction of sp³-hybridized carbons (Fsp3) is 0.562. The summed E-state index contributed by atoms with van der Waals surface area (Å²) in [6.45, 7) is 8.14. The van der Waals surface area contributed by atoms with Gasteiger partial charge in [-0.25, -0.2) is 0 Å². The summed E-state index contributed by atoms with van der Waals surface area (Å²) < 4.78 is 0. The fourth-order valence-corrected chi connectivity index (χ4v) is 2.15. The fourth-order valence-electron chi connectivity index (χ4n) is 2.15. The van der Waals surface area contributed by atoms with Crippen LogP contribution in [0.25, 0.3) is 0 Å². The molecule has 3 nitrogen and oxygen atoms in total. The molecule has 3 heteroatoms. The second kappa shape index (κ2) is 7.81. The summed E-state index contributed by atoms with van der Waals surface area (Å²) in [6, 6.07) is 8.84. The van der Waals surface area contributed by atoms with E-state index in [4.69, 9.17) is 5.26 Å². The molecule has 1 rings (SSSR count). The third-order valence-corrected chi connectivity index (χ3v) is 3.20. The second-order valence-electron chi connectivity index (χ2n) is 5.19. The van der Waals surface area contributed by atoms with Gasteiger partial charge in [0.1, 0.15) is 0 Å². The molecule has 0 bridgehead atoms. The van der Waals surface area contributed by atoms with Gasteiger partial charge >= 0.3 is 0 Å². The number of aryl methyl sites for hydroxylation is 2. The molecule has 0 spiro atoms. The number of hydrogen-bond donors (Lipinski definition) is 1. The Bertz CT molecular complexity index is 414. The van der Waals surface area contributed by atoms with Crippen LogP contribution >= 0.6 is 0 Å². The minimum atomic E-state index is -0.0479. The zero-order chi connectivity index (χ0) is 14.3. The Morgan fingerprint density at radius 1 is 1.26 bits per heavy atom. The molecule has 0 heterocycles. The van der Waals surface area contributed by atoms with E-state index < -0.39 is 0 Å². The third kappa shape index (κ3) is 5.32. The summed E-state index contributed by atoms with van der Waals surface area (Å²) in [6.07, 6.45) is 1.91. The Kier molecular flexibility index (Phi) is 6.38. The van der Waals surface area contributed by atoms with Crippen LogP contribution in [0.1, 0.15) is 30.9 Å². The van der Waals surface area contributed by atoms with Gasteiger partial charge in [-0.05, 0) is 56.5 Å². The van der Waals surface area contributed by atoms with Crippen molar-refractivity contribution in [3.05, 3.63) is 29.3 Å². The highest BCUT2D eigenvalue weighted by atomic mass is 15.1. The molecule has 1 aromatic carbocycles. The first kappa shape index (κ1) is 15.5. The monoisotopic (exact) mass is 259 g/mol. The Labute approximate surface area is 117 Å². The number of benzene rings is 1. The van der Waals surface area contributed by atoms with Crippen LogP contribution in [0.2, 0.25) is 0 Å². The topological polar surface area (TPSA) is 39.1 Å². The quantitative estimate of drug-likeness (QED) is 0.818. The van der Waals surface area contributed by atoms with Gasteiger partial charge in [-0.3, -0.25) is 0 Å². The number of nitrogens with zero attached hydrogens (tertiary/aromatic N) is 2. The zero-order valence-corrected chi connectivity index (χ0v) is 12.5. The van der Waals surface area contributed by atoms with Gasteiger partial charge < -0.3 is 10.2 Å². The second-order valence-corrected chi connectivity index (χ2v) is 5.19. The van der Waals surface area contributed by atoms with E-state index in [9.17, 15) is 0 Å². The minimum absolute atomic E-state index is 0.0479. The first-order valence-electron chi connectivity index (χ1n) is 6.99. The normalized spacial score (nSPS) is 11.9. The predicted molar refractivity (Wildman–Crippen MR) is 81.5 cm³/mol. The summed E-state index contributed by atoms with van der Waals surface area (Å²) in [4.78, 5) is 2.22. The van der Waals surface area contributed by atoms with Crippen molar-refractivity contribution in [1.82, 2.24) is 5.32 Å². The molecule has 1 unspecified atom stereocenters. The molecule has 0 saturated carbocycles. The van der Waals surface area contributed by atoms with E-state index >= 15 is 0 Å². The van der Waals surface area contributed by atoms with Crippen molar-refractivity contribution in [3.63, 3.8) is 0 Å². The molecule has 1 N–H and O–H groups in total. The Balaban J connectivity index is 2.54. The molecule has 0 amide bonds. The maximum Gasteiger partial charge on any atom is 0.0969 e. The number of hydrogen-bond acceptors (Lipinski definition) is 3. The van der Waals surface area contributed by atoms with Crippen LogP contribution in [-0.4, -0.2) is 26.2 Å². The van der Waals surface area contributed by atoms with Gasteiger partial charge in [0.15, 0.2) is 0 Å². The summed E-state index contributed by atoms with van der Waals surface area (Å²) >= 11 is 0. The van der Waals surface area contributed by atoms with E-state index in [2.05, 4.69) is 62.3 Å². The first-order valence-corrected chi connectivity index (χ1v) is 6.99. The number of nitrogens with one attached hydrogen (secondary N) is 1. The average molecular weight is 259 g/mol. The maximum atomic E-state index is 9.09. The molecule has 0 saturated heterocycles. The molecule has 19 heavy (non-hydrogen) atoms. The number of anilines is 1. The van der Waals surface area contributed by atoms with E-state index in [0.29, 0.717) is 0 Å². The molecule has 0 radical (unpaired) electrons. The van der Waals surface area contributed by atoms with Gasteiger partial charge in [-0.15, -0.1) is 0 Å². The lowest BCUT2D eigenvalue weighted by molar-refractivity contribution is 0.561. The van der Waals surface area contributed by atoms with Crippen molar-refractivity contribution < 1.29 is 0 Å². The standard InChI is InChI=1S/C16H25N3/c1-5-7-18-15(12-17)6-8-19(4)16-10-13(2)9-14(3)11-16/h9-11,15,18H,5-8H2,1-4H3. The van der Waals surface area contributed by atoms with Gasteiger partial charge in [0.05, 0.1) is 12.1 Å². The summed E-state index contributed by atoms with van der Waals surface area (Å²) in [7, 11) is 2.09. The minimum Gasteiger partial charge on any atom is -0.374 e. The molecule has 0 fully saturated rings. The zero-order valence-electron chi connectivity index (χ0n) is 12.5. The van der Waals surface area contributed by atoms with Gasteiger partial charge in [-0.1, -0.05) is 13.0 Å². The van der Waals surface area contributed by atoms with Crippen molar-refractivity contribution in [2.24, 2.45) is 0 Å². The molecule has 0 aliphatic carbocycles. The van der Waals surface area contributed by atoms with Gasteiger partial charge in [0, 0.05) is 19.3 Å². The number of rotatable bonds is 7. The van der Waals surface area contributed by atoms with Crippen LogP contribution in [0, 0.1) is 25.2 Å². The Morgan fingerprint density at radius 2 is 1.89 bits per heavy atom. The third-order valence-electron chi connectivity index (χ3n) is 3.20. The van der Waals surface area contributed by atoms with Crippen molar-refractivity contribution in [3.8, 4) is 6.07 Å². The molecule has 1 aromatic rings. The van der Waals surface area contributed by atoms with Crippen LogP contribution < -0.4 is 10.2 Å². The predicted octanol–water partition coefficient (Wildman–Crippen LogP) is 3.02. The average Bonchev–Trinajstić information content (AvgIpc) is 2.37. The highest BCUT2D eigenvalue weighted by Crippen LogP contribution is 2.17. The summed E-state index contributed by atoms with van der Waals surface area (Å²) in [5.74, 6) is 0. The maximum absolute atomic E-state index is 9.09. The lowest BCUT2D eigenvalue weighted by atomic mass is 10.1. The van der Waals surface area contributed by atoms with Crippen molar-refractivity contribution >= 4 is 5.69 Å². The van der Waals surface area contributed by atoms with Crippen LogP contribution in [0.15, 0.2) is 18.2 Å². The van der Waals surface area contributed by atoms with Crippen LogP contribution in [-0.2, 0) is 0 Å². The highest BCUT2D eigenvalue weighted by Gasteiger charge is 2.08. The van der Waals surface area contributed by atoms with E-state index in [0.717, 1.165) is 25.9 Å². The SMILES string of the molecule is CCCNC(C#N)CCN(C)c1cc(C)cc(C)c1. The number of nitriles is 1. The van der Waals surface area contributed by atoms with Crippen LogP contribution in [0.5, 0.6) is 0 Å². The van der Waals surface area contributed by atoms with Crippen molar-refractivity contribution in [2.75, 3.05) is 25.0 Å². The molecule has 0 aliphatic rings. The molecule has 0 aromatic heterocycles. The van der Waals surface area contributed by atoms with Gasteiger partial charge in [-0.2, -0.15) is 5.26 Å².